The number of aromatic nitrogens is 1. The first-order valence-corrected chi connectivity index (χ1v) is 8.49. The van der Waals surface area contributed by atoms with E-state index in [-0.39, 0.29) is 18.4 Å². The number of hydrogen-bond acceptors (Lipinski definition) is 6. The number of carbonyl (C=O) groups excluding carboxylic acids is 2. The molecule has 7 nitrogen and oxygen atoms in total. The first-order chi connectivity index (χ1) is 11.6. The molecule has 0 spiro atoms. The Kier molecular flexibility index (Phi) is 4.95. The van der Waals surface area contributed by atoms with E-state index in [4.69, 9.17) is 4.74 Å². The molecule has 1 aromatic heterocycles. The zero-order chi connectivity index (χ0) is 16.9. The van der Waals surface area contributed by atoms with Crippen LogP contribution in [0.4, 0.5) is 21.3 Å². The van der Waals surface area contributed by atoms with E-state index in [0.29, 0.717) is 25.4 Å². The van der Waals surface area contributed by atoms with Gasteiger partial charge < -0.3 is 20.3 Å². The maximum atomic E-state index is 12.0. The lowest BCUT2D eigenvalue weighted by Gasteiger charge is -2.12. The molecule has 0 saturated carbocycles. The molecule has 2 heterocycles. The van der Waals surface area contributed by atoms with Crippen molar-refractivity contribution in [1.82, 2.24) is 9.88 Å². The van der Waals surface area contributed by atoms with Crippen LogP contribution in [-0.4, -0.2) is 41.6 Å². The molecular weight excluding hydrogens is 328 g/mol. The van der Waals surface area contributed by atoms with Gasteiger partial charge >= 0.3 is 6.09 Å². The number of thiazole rings is 1. The van der Waals surface area contributed by atoms with Crippen molar-refractivity contribution in [2.24, 2.45) is 0 Å². The van der Waals surface area contributed by atoms with E-state index in [9.17, 15) is 9.59 Å². The summed E-state index contributed by atoms with van der Waals surface area (Å²) in [4.78, 5) is 29.2. The second kappa shape index (κ2) is 7.31. The number of amides is 2. The number of carbonyl (C=O) groups is 2. The van der Waals surface area contributed by atoms with Gasteiger partial charge in [-0.2, -0.15) is 0 Å². The molecule has 1 fully saturated rings. The van der Waals surface area contributed by atoms with Gasteiger partial charge in [-0.15, -0.1) is 11.3 Å². The quantitative estimate of drug-likeness (QED) is 0.840. The summed E-state index contributed by atoms with van der Waals surface area (Å²) in [5.74, 6) is -0.142. The van der Waals surface area contributed by atoms with E-state index in [1.54, 1.807) is 0 Å². The van der Waals surface area contributed by atoms with Crippen molar-refractivity contribution in [3.8, 4) is 0 Å². The summed E-state index contributed by atoms with van der Waals surface area (Å²) in [7, 11) is 0. The maximum absolute atomic E-state index is 12.0. The van der Waals surface area contributed by atoms with Crippen molar-refractivity contribution < 1.29 is 14.3 Å². The van der Waals surface area contributed by atoms with Gasteiger partial charge in [-0.25, -0.2) is 9.78 Å². The number of nitrogens with zero attached hydrogens (tertiary/aromatic N) is 2. The number of benzene rings is 1. The Morgan fingerprint density at radius 2 is 2.25 bits per heavy atom. The van der Waals surface area contributed by atoms with E-state index in [2.05, 4.69) is 15.6 Å². The van der Waals surface area contributed by atoms with Crippen LogP contribution in [0.5, 0.6) is 0 Å². The monoisotopic (exact) mass is 346 g/mol. The van der Waals surface area contributed by atoms with Gasteiger partial charge in [0, 0.05) is 29.7 Å². The molecule has 0 radical (unpaired) electrons. The Bertz CT molecular complexity index is 746. The molecule has 2 amide bonds. The number of rotatable bonds is 6. The molecule has 1 saturated heterocycles. The number of hydrogen-bond donors (Lipinski definition) is 2. The molecule has 126 valence electrons. The summed E-state index contributed by atoms with van der Waals surface area (Å²) in [6, 6.07) is 7.43. The molecule has 0 unspecified atom stereocenters. The smallest absolute Gasteiger partial charge is 0.409 e. The van der Waals surface area contributed by atoms with Crippen LogP contribution in [0.1, 0.15) is 12.1 Å². The van der Waals surface area contributed by atoms with Gasteiger partial charge in [-0.3, -0.25) is 4.79 Å². The van der Waals surface area contributed by atoms with Crippen LogP contribution >= 0.6 is 11.3 Å². The van der Waals surface area contributed by atoms with Crippen molar-refractivity contribution in [3.05, 3.63) is 35.3 Å². The summed E-state index contributed by atoms with van der Waals surface area (Å²) in [5, 5.41) is 8.82. The Morgan fingerprint density at radius 3 is 2.96 bits per heavy atom. The van der Waals surface area contributed by atoms with Gasteiger partial charge in [-0.1, -0.05) is 6.07 Å². The van der Waals surface area contributed by atoms with Crippen LogP contribution in [0, 0.1) is 6.92 Å². The molecule has 1 aromatic carbocycles. The lowest BCUT2D eigenvalue weighted by atomic mass is 10.2. The van der Waals surface area contributed by atoms with E-state index in [1.807, 2.05) is 36.6 Å². The topological polar surface area (TPSA) is 83.6 Å². The van der Waals surface area contributed by atoms with Crippen LogP contribution < -0.4 is 10.6 Å². The molecule has 2 N–H and O–H groups in total. The van der Waals surface area contributed by atoms with Gasteiger partial charge in [0.2, 0.25) is 5.91 Å². The molecule has 0 aliphatic carbocycles. The fraction of sp³-hybridized carbons (Fsp3) is 0.312. The largest absolute Gasteiger partial charge is 0.448 e. The standard InChI is InChI=1S/C16H18N4O3S/c1-11-10-24-15(17-11)19-13-4-2-3-12(9-13)18-14(21)5-6-20-7-8-23-16(20)22/h2-4,9-10H,5-8H2,1H3,(H,17,19)(H,18,21). The highest BCUT2D eigenvalue weighted by Crippen LogP contribution is 2.23. The van der Waals surface area contributed by atoms with Gasteiger partial charge in [0.15, 0.2) is 5.13 Å². The van der Waals surface area contributed by atoms with E-state index >= 15 is 0 Å². The van der Waals surface area contributed by atoms with E-state index in [0.717, 1.165) is 16.5 Å². The summed E-state index contributed by atoms with van der Waals surface area (Å²) >= 11 is 1.53. The molecule has 0 atom stereocenters. The van der Waals surface area contributed by atoms with Crippen LogP contribution in [0.2, 0.25) is 0 Å². The van der Waals surface area contributed by atoms with E-state index < -0.39 is 0 Å². The van der Waals surface area contributed by atoms with Gasteiger partial charge in [-0.05, 0) is 25.1 Å². The van der Waals surface area contributed by atoms with Gasteiger partial charge in [0.05, 0.1) is 12.2 Å². The molecule has 2 aromatic rings. The molecule has 3 rings (SSSR count). The van der Waals surface area contributed by atoms with Gasteiger partial charge in [0.25, 0.3) is 0 Å². The average Bonchev–Trinajstić information content (AvgIpc) is 3.14. The second-order valence-electron chi connectivity index (χ2n) is 5.40. The van der Waals surface area contributed by atoms with Crippen molar-refractivity contribution in [1.29, 1.82) is 0 Å². The van der Waals surface area contributed by atoms with E-state index in [1.165, 1.54) is 16.2 Å². The highest BCUT2D eigenvalue weighted by Gasteiger charge is 2.22. The molecule has 24 heavy (non-hydrogen) atoms. The zero-order valence-corrected chi connectivity index (χ0v) is 14.1. The summed E-state index contributed by atoms with van der Waals surface area (Å²) in [5.41, 5.74) is 2.51. The number of ether oxygens (including phenoxy) is 1. The average molecular weight is 346 g/mol. The second-order valence-corrected chi connectivity index (χ2v) is 6.26. The highest BCUT2D eigenvalue weighted by atomic mass is 32.1. The number of aryl methyl sites for hydroxylation is 1. The van der Waals surface area contributed by atoms with Crippen molar-refractivity contribution >= 4 is 39.8 Å². The predicted octanol–water partition coefficient (Wildman–Crippen LogP) is 2.98. The lowest BCUT2D eigenvalue weighted by molar-refractivity contribution is -0.116. The molecule has 1 aliphatic rings. The third kappa shape index (κ3) is 4.23. The van der Waals surface area contributed by atoms with Crippen molar-refractivity contribution in [3.63, 3.8) is 0 Å². The minimum Gasteiger partial charge on any atom is -0.448 e. The van der Waals surface area contributed by atoms with Crippen LogP contribution in [0.25, 0.3) is 0 Å². The maximum Gasteiger partial charge on any atom is 0.409 e. The molecule has 8 heteroatoms. The minimum atomic E-state index is -0.354. The van der Waals surface area contributed by atoms with Crippen molar-refractivity contribution in [2.45, 2.75) is 13.3 Å². The Balaban J connectivity index is 1.53. The third-order valence-electron chi connectivity index (χ3n) is 3.47. The number of nitrogens with one attached hydrogen (secondary N) is 2. The highest BCUT2D eigenvalue weighted by molar-refractivity contribution is 7.13. The SMILES string of the molecule is Cc1csc(Nc2cccc(NC(=O)CCN3CCOC3=O)c2)n1. The first kappa shape index (κ1) is 16.3. The fourth-order valence-corrected chi connectivity index (χ4v) is 3.01. The van der Waals surface area contributed by atoms with Crippen molar-refractivity contribution in [2.75, 3.05) is 30.3 Å². The summed E-state index contributed by atoms with van der Waals surface area (Å²) in [6.07, 6.45) is -0.119. The molecule has 1 aliphatic heterocycles. The normalized spacial score (nSPS) is 13.7. The van der Waals surface area contributed by atoms with Crippen LogP contribution in [0.15, 0.2) is 29.6 Å². The van der Waals surface area contributed by atoms with Gasteiger partial charge in [0.1, 0.15) is 6.61 Å². The Labute approximate surface area is 143 Å². The Morgan fingerprint density at radius 1 is 1.42 bits per heavy atom. The zero-order valence-electron chi connectivity index (χ0n) is 13.2. The van der Waals surface area contributed by atoms with Crippen LogP contribution in [0.3, 0.4) is 0 Å². The minimum absolute atomic E-state index is 0.142. The predicted molar refractivity (Wildman–Crippen MR) is 92.7 cm³/mol. The number of cyclic esters (lactones) is 1. The lowest BCUT2D eigenvalue weighted by Crippen LogP contribution is -2.28. The summed E-state index contributed by atoms with van der Waals surface area (Å²) in [6.45, 7) is 3.23. The molecule has 0 bridgehead atoms. The first-order valence-electron chi connectivity index (χ1n) is 7.61. The number of anilines is 3. The fourth-order valence-electron chi connectivity index (χ4n) is 2.30. The van der Waals surface area contributed by atoms with Crippen LogP contribution in [-0.2, 0) is 9.53 Å². The third-order valence-corrected chi connectivity index (χ3v) is 4.35. The summed E-state index contributed by atoms with van der Waals surface area (Å²) < 4.78 is 4.83. The molecular formula is C16H18N4O3S. The Hall–Kier alpha value is -2.61.